The number of nitrogens with zero attached hydrogens (tertiary/aromatic N) is 1. The Labute approximate surface area is 111 Å². The minimum Gasteiger partial charge on any atom is -0.507 e. The van der Waals surface area contributed by atoms with Gasteiger partial charge < -0.3 is 10.4 Å². The average Bonchev–Trinajstić information content (AvgIpc) is 2.30. The van der Waals surface area contributed by atoms with Gasteiger partial charge in [-0.2, -0.15) is 5.10 Å². The average molecular weight is 263 g/mol. The number of para-hydroxylation sites is 1. The molecule has 0 aromatic heterocycles. The summed E-state index contributed by atoms with van der Waals surface area (Å²) in [6.45, 7) is 3.62. The Morgan fingerprint density at radius 1 is 1.32 bits per heavy atom. The highest BCUT2D eigenvalue weighted by Crippen LogP contribution is 2.12. The third kappa shape index (κ3) is 5.67. The number of hydrogen-bond acceptors (Lipinski definition) is 4. The third-order valence-electron chi connectivity index (χ3n) is 2.10. The van der Waals surface area contributed by atoms with E-state index >= 15 is 0 Å². The van der Waals surface area contributed by atoms with Crippen molar-refractivity contribution >= 4 is 18.0 Å². The Bertz CT molecular complexity index is 484. The van der Waals surface area contributed by atoms with E-state index in [1.807, 2.05) is 13.8 Å². The second kappa shape index (κ2) is 7.15. The fourth-order valence-electron chi connectivity index (χ4n) is 1.33. The van der Waals surface area contributed by atoms with Crippen LogP contribution in [0.1, 0.15) is 25.8 Å². The molecular formula is C13H17N3O3. The van der Waals surface area contributed by atoms with Crippen LogP contribution in [0.3, 0.4) is 0 Å². The molecule has 0 unspecified atom stereocenters. The van der Waals surface area contributed by atoms with Gasteiger partial charge in [-0.15, -0.1) is 0 Å². The summed E-state index contributed by atoms with van der Waals surface area (Å²) < 4.78 is 0. The molecule has 6 nitrogen and oxygen atoms in total. The van der Waals surface area contributed by atoms with Crippen LogP contribution in [0.2, 0.25) is 0 Å². The Hall–Kier alpha value is -2.37. The molecular weight excluding hydrogens is 246 g/mol. The van der Waals surface area contributed by atoms with E-state index in [2.05, 4.69) is 15.8 Å². The molecule has 0 fully saturated rings. The minimum atomic E-state index is -0.509. The van der Waals surface area contributed by atoms with Crippen LogP contribution in [0.4, 0.5) is 0 Å². The lowest BCUT2D eigenvalue weighted by Gasteiger charge is -2.06. The summed E-state index contributed by atoms with van der Waals surface area (Å²) in [6, 6.07) is 6.57. The summed E-state index contributed by atoms with van der Waals surface area (Å²) in [5.41, 5.74) is 2.70. The lowest BCUT2D eigenvalue weighted by Crippen LogP contribution is -2.34. The van der Waals surface area contributed by atoms with Crippen molar-refractivity contribution in [3.63, 3.8) is 0 Å². The van der Waals surface area contributed by atoms with E-state index in [9.17, 15) is 14.7 Å². The van der Waals surface area contributed by atoms with Crippen LogP contribution >= 0.6 is 0 Å². The molecule has 0 heterocycles. The van der Waals surface area contributed by atoms with Crippen molar-refractivity contribution in [3.05, 3.63) is 29.8 Å². The number of phenolic OH excluding ortho intramolecular Hbond substituents is 1. The van der Waals surface area contributed by atoms with Crippen molar-refractivity contribution in [2.24, 2.45) is 5.10 Å². The first-order valence-corrected chi connectivity index (χ1v) is 5.88. The number of aromatic hydroxyl groups is 1. The summed E-state index contributed by atoms with van der Waals surface area (Å²) in [7, 11) is 0. The standard InChI is InChI=1S/C13H17N3O3/c1-9(2)15-12(18)7-13(19)16-14-8-10-5-3-4-6-11(10)17/h3-6,8-9,17H,7H2,1-2H3,(H,15,18)(H,16,19)/b14-8-. The molecule has 3 N–H and O–H groups in total. The van der Waals surface area contributed by atoms with Gasteiger partial charge in [0.05, 0.1) is 6.21 Å². The zero-order valence-electron chi connectivity index (χ0n) is 10.9. The predicted octanol–water partition coefficient (Wildman–Crippen LogP) is 0.757. The van der Waals surface area contributed by atoms with E-state index in [-0.39, 0.29) is 24.1 Å². The Balaban J connectivity index is 2.42. The number of nitrogens with one attached hydrogen (secondary N) is 2. The fraction of sp³-hybridized carbons (Fsp3) is 0.308. The second-order valence-electron chi connectivity index (χ2n) is 4.25. The smallest absolute Gasteiger partial charge is 0.249 e. The van der Waals surface area contributed by atoms with Crippen molar-refractivity contribution in [2.45, 2.75) is 26.3 Å². The summed E-state index contributed by atoms with van der Waals surface area (Å²) in [5.74, 6) is -0.798. The molecule has 0 bridgehead atoms. The molecule has 19 heavy (non-hydrogen) atoms. The molecule has 0 atom stereocenters. The first kappa shape index (κ1) is 14.7. The van der Waals surface area contributed by atoms with Crippen molar-refractivity contribution in [2.75, 3.05) is 0 Å². The number of carbonyl (C=O) groups excluding carboxylic acids is 2. The summed E-state index contributed by atoms with van der Waals surface area (Å²) in [6.07, 6.45) is 1.03. The van der Waals surface area contributed by atoms with Crippen LogP contribution in [-0.4, -0.2) is 29.2 Å². The molecule has 0 aliphatic heterocycles. The van der Waals surface area contributed by atoms with Crippen molar-refractivity contribution < 1.29 is 14.7 Å². The van der Waals surface area contributed by atoms with Crippen molar-refractivity contribution in [1.29, 1.82) is 0 Å². The number of phenols is 1. The molecule has 0 aliphatic carbocycles. The summed E-state index contributed by atoms with van der Waals surface area (Å²) in [5, 5.41) is 15.7. The lowest BCUT2D eigenvalue weighted by atomic mass is 10.2. The Kier molecular flexibility index (Phi) is 5.53. The highest BCUT2D eigenvalue weighted by Gasteiger charge is 2.09. The quantitative estimate of drug-likeness (QED) is 0.416. The molecule has 2 amide bonds. The van der Waals surface area contributed by atoms with Crippen molar-refractivity contribution in [3.8, 4) is 5.75 Å². The van der Waals surface area contributed by atoms with Crippen LogP contribution in [0.15, 0.2) is 29.4 Å². The summed E-state index contributed by atoms with van der Waals surface area (Å²) >= 11 is 0. The van der Waals surface area contributed by atoms with Gasteiger partial charge >= 0.3 is 0 Å². The van der Waals surface area contributed by atoms with Crippen LogP contribution < -0.4 is 10.7 Å². The maximum Gasteiger partial charge on any atom is 0.249 e. The lowest BCUT2D eigenvalue weighted by molar-refractivity contribution is -0.129. The number of carbonyl (C=O) groups is 2. The van der Waals surface area contributed by atoms with Gasteiger partial charge in [-0.3, -0.25) is 9.59 Å². The molecule has 1 aromatic rings. The van der Waals surface area contributed by atoms with Gasteiger partial charge in [0.15, 0.2) is 0 Å². The highest BCUT2D eigenvalue weighted by atomic mass is 16.3. The SMILES string of the molecule is CC(C)NC(=O)CC(=O)N/N=C\c1ccccc1O. The van der Waals surface area contributed by atoms with Crippen LogP contribution in [0.25, 0.3) is 0 Å². The van der Waals surface area contributed by atoms with E-state index in [0.717, 1.165) is 0 Å². The van der Waals surface area contributed by atoms with Gasteiger partial charge in [-0.1, -0.05) is 12.1 Å². The van der Waals surface area contributed by atoms with Gasteiger partial charge in [0.25, 0.3) is 0 Å². The molecule has 0 aliphatic rings. The van der Waals surface area contributed by atoms with Crippen LogP contribution in [0.5, 0.6) is 5.75 Å². The highest BCUT2D eigenvalue weighted by molar-refractivity contribution is 5.97. The van der Waals surface area contributed by atoms with Crippen molar-refractivity contribution in [1.82, 2.24) is 10.7 Å². The molecule has 0 saturated carbocycles. The van der Waals surface area contributed by atoms with Gasteiger partial charge in [-0.25, -0.2) is 5.43 Å². The Morgan fingerprint density at radius 3 is 2.63 bits per heavy atom. The van der Waals surface area contributed by atoms with Gasteiger partial charge in [0.1, 0.15) is 12.2 Å². The number of hydrogen-bond donors (Lipinski definition) is 3. The van der Waals surface area contributed by atoms with Gasteiger partial charge in [0.2, 0.25) is 11.8 Å². The van der Waals surface area contributed by atoms with Crippen LogP contribution in [0, 0.1) is 0 Å². The number of amides is 2. The summed E-state index contributed by atoms with van der Waals surface area (Å²) in [4.78, 5) is 22.6. The minimum absolute atomic E-state index is 0.00920. The normalized spacial score (nSPS) is 10.7. The first-order valence-electron chi connectivity index (χ1n) is 5.88. The zero-order valence-corrected chi connectivity index (χ0v) is 10.9. The first-order chi connectivity index (χ1) is 8.99. The maximum atomic E-state index is 11.4. The molecule has 1 aromatic carbocycles. The zero-order chi connectivity index (χ0) is 14.3. The van der Waals surface area contributed by atoms with E-state index in [1.165, 1.54) is 12.3 Å². The molecule has 0 saturated heterocycles. The third-order valence-corrected chi connectivity index (χ3v) is 2.10. The van der Waals surface area contributed by atoms with Gasteiger partial charge in [0, 0.05) is 11.6 Å². The number of benzene rings is 1. The topological polar surface area (TPSA) is 90.8 Å². The monoisotopic (exact) mass is 263 g/mol. The van der Waals surface area contributed by atoms with Gasteiger partial charge in [-0.05, 0) is 26.0 Å². The van der Waals surface area contributed by atoms with E-state index in [0.29, 0.717) is 5.56 Å². The number of rotatable bonds is 5. The van der Waals surface area contributed by atoms with E-state index in [4.69, 9.17) is 0 Å². The molecule has 0 spiro atoms. The van der Waals surface area contributed by atoms with E-state index in [1.54, 1.807) is 18.2 Å². The molecule has 102 valence electrons. The molecule has 1 rings (SSSR count). The van der Waals surface area contributed by atoms with E-state index < -0.39 is 5.91 Å². The van der Waals surface area contributed by atoms with Crippen LogP contribution in [-0.2, 0) is 9.59 Å². The second-order valence-corrected chi connectivity index (χ2v) is 4.25. The Morgan fingerprint density at radius 2 is 2.00 bits per heavy atom. The maximum absolute atomic E-state index is 11.4. The fourth-order valence-corrected chi connectivity index (χ4v) is 1.33. The molecule has 0 radical (unpaired) electrons. The predicted molar refractivity (Wildman–Crippen MR) is 71.7 cm³/mol. The largest absolute Gasteiger partial charge is 0.507 e. The molecule has 6 heteroatoms. The number of hydrazone groups is 1.